The van der Waals surface area contributed by atoms with Crippen LogP contribution in [0.1, 0.15) is 12.5 Å². The van der Waals surface area contributed by atoms with Gasteiger partial charge in [-0.2, -0.15) is 0 Å². The number of carbonyl (C=O) groups excluding carboxylic acids is 2. The first-order valence-corrected chi connectivity index (χ1v) is 5.76. The minimum atomic E-state index is -0.464. The summed E-state index contributed by atoms with van der Waals surface area (Å²) in [5.41, 5.74) is 7.04. The number of likely N-dealkylation sites (N-methyl/N-ethyl adjacent to an activating group) is 1. The predicted octanol–water partition coefficient (Wildman–Crippen LogP) is 0.739. The quantitative estimate of drug-likeness (QED) is 0.808. The van der Waals surface area contributed by atoms with E-state index in [-0.39, 0.29) is 12.5 Å². The average molecular weight is 249 g/mol. The number of hydrogen-bond donors (Lipinski definition) is 2. The van der Waals surface area contributed by atoms with Crippen LogP contribution in [0.3, 0.4) is 0 Å². The third kappa shape index (κ3) is 4.18. The van der Waals surface area contributed by atoms with Gasteiger partial charge in [0, 0.05) is 5.69 Å². The Hall–Kier alpha value is -1.88. The van der Waals surface area contributed by atoms with E-state index < -0.39 is 11.9 Å². The van der Waals surface area contributed by atoms with E-state index in [4.69, 9.17) is 5.73 Å². The number of nitrogens with zero attached hydrogens (tertiary/aromatic N) is 1. The van der Waals surface area contributed by atoms with E-state index in [1.807, 2.05) is 31.2 Å². The molecule has 5 heteroatoms. The van der Waals surface area contributed by atoms with E-state index in [9.17, 15) is 9.59 Å². The number of aryl methyl sites for hydroxylation is 1. The van der Waals surface area contributed by atoms with Gasteiger partial charge >= 0.3 is 0 Å². The van der Waals surface area contributed by atoms with Crippen molar-refractivity contribution in [2.45, 2.75) is 19.9 Å². The molecule has 0 aliphatic rings. The second-order valence-electron chi connectivity index (χ2n) is 4.41. The fraction of sp³-hybridized carbons (Fsp3) is 0.385. The summed E-state index contributed by atoms with van der Waals surface area (Å²) >= 11 is 0. The lowest BCUT2D eigenvalue weighted by Crippen LogP contribution is -2.43. The number of benzene rings is 1. The maximum absolute atomic E-state index is 11.7. The number of anilines is 1. The number of nitrogens with two attached hydrogens (primary N) is 1. The zero-order valence-corrected chi connectivity index (χ0v) is 10.9. The van der Waals surface area contributed by atoms with Crippen molar-refractivity contribution in [1.29, 1.82) is 0 Å². The van der Waals surface area contributed by atoms with Gasteiger partial charge in [0.1, 0.15) is 0 Å². The Morgan fingerprint density at radius 2 is 1.89 bits per heavy atom. The van der Waals surface area contributed by atoms with E-state index in [1.165, 1.54) is 0 Å². The van der Waals surface area contributed by atoms with Crippen LogP contribution in [-0.4, -0.2) is 36.3 Å². The number of primary amides is 1. The molecule has 0 saturated carbocycles. The Bertz CT molecular complexity index is 428. The summed E-state index contributed by atoms with van der Waals surface area (Å²) < 4.78 is 0. The standard InChI is InChI=1S/C13H19N3O2/c1-9-4-6-11(7-5-9)15-12(17)8-16(3)10(2)13(14)18/h4-7,10H,8H2,1-3H3,(H2,14,18)(H,15,17)/t10-/m1/s1. The minimum Gasteiger partial charge on any atom is -0.368 e. The van der Waals surface area contributed by atoms with Crippen molar-refractivity contribution in [2.24, 2.45) is 5.73 Å². The van der Waals surface area contributed by atoms with Gasteiger partial charge in [0.25, 0.3) is 0 Å². The monoisotopic (exact) mass is 249 g/mol. The first-order valence-electron chi connectivity index (χ1n) is 5.76. The second kappa shape index (κ2) is 6.16. The average Bonchev–Trinajstić information content (AvgIpc) is 2.30. The van der Waals surface area contributed by atoms with Gasteiger partial charge in [-0.1, -0.05) is 17.7 Å². The highest BCUT2D eigenvalue weighted by Crippen LogP contribution is 2.08. The lowest BCUT2D eigenvalue weighted by Gasteiger charge is -2.21. The largest absolute Gasteiger partial charge is 0.368 e. The van der Waals surface area contributed by atoms with Crippen LogP contribution in [0.15, 0.2) is 24.3 Å². The molecule has 0 radical (unpaired) electrons. The second-order valence-corrected chi connectivity index (χ2v) is 4.41. The first kappa shape index (κ1) is 14.2. The molecule has 1 aromatic rings. The maximum Gasteiger partial charge on any atom is 0.238 e. The molecule has 1 rings (SSSR count). The molecule has 2 amide bonds. The Morgan fingerprint density at radius 3 is 2.39 bits per heavy atom. The molecule has 0 unspecified atom stereocenters. The van der Waals surface area contributed by atoms with Crippen LogP contribution < -0.4 is 11.1 Å². The van der Waals surface area contributed by atoms with Crippen LogP contribution >= 0.6 is 0 Å². The molecule has 0 aliphatic carbocycles. The van der Waals surface area contributed by atoms with Gasteiger partial charge in [0.05, 0.1) is 12.6 Å². The molecular weight excluding hydrogens is 230 g/mol. The van der Waals surface area contributed by atoms with Gasteiger partial charge in [-0.25, -0.2) is 0 Å². The van der Waals surface area contributed by atoms with Crippen molar-refractivity contribution in [3.8, 4) is 0 Å². The zero-order chi connectivity index (χ0) is 13.7. The molecule has 0 spiro atoms. The number of hydrogen-bond acceptors (Lipinski definition) is 3. The molecular formula is C13H19N3O2. The van der Waals surface area contributed by atoms with Crippen LogP contribution in [0, 0.1) is 6.92 Å². The summed E-state index contributed by atoms with van der Waals surface area (Å²) in [7, 11) is 1.68. The van der Waals surface area contributed by atoms with E-state index in [0.717, 1.165) is 11.3 Å². The van der Waals surface area contributed by atoms with Gasteiger partial charge in [0.15, 0.2) is 0 Å². The van der Waals surface area contributed by atoms with Crippen LogP contribution in [0.25, 0.3) is 0 Å². The van der Waals surface area contributed by atoms with Crippen LogP contribution in [-0.2, 0) is 9.59 Å². The molecule has 0 heterocycles. The van der Waals surface area contributed by atoms with Gasteiger partial charge in [-0.3, -0.25) is 14.5 Å². The highest BCUT2D eigenvalue weighted by atomic mass is 16.2. The molecule has 0 saturated heterocycles. The van der Waals surface area contributed by atoms with Crippen molar-refractivity contribution in [3.05, 3.63) is 29.8 Å². The van der Waals surface area contributed by atoms with Gasteiger partial charge < -0.3 is 11.1 Å². The summed E-state index contributed by atoms with van der Waals surface area (Å²) in [6.45, 7) is 3.77. The Morgan fingerprint density at radius 1 is 1.33 bits per heavy atom. The highest BCUT2D eigenvalue weighted by molar-refractivity contribution is 5.92. The molecule has 0 aliphatic heterocycles. The third-order valence-corrected chi connectivity index (χ3v) is 2.80. The molecule has 98 valence electrons. The van der Waals surface area contributed by atoms with E-state index in [2.05, 4.69) is 5.32 Å². The first-order chi connectivity index (χ1) is 8.40. The Kier molecular flexibility index (Phi) is 4.85. The number of rotatable bonds is 5. The third-order valence-electron chi connectivity index (χ3n) is 2.80. The number of carbonyl (C=O) groups is 2. The van der Waals surface area contributed by atoms with E-state index >= 15 is 0 Å². The van der Waals surface area contributed by atoms with Gasteiger partial charge in [0.2, 0.25) is 11.8 Å². The fourth-order valence-electron chi connectivity index (χ4n) is 1.42. The predicted molar refractivity (Wildman–Crippen MR) is 71.1 cm³/mol. The minimum absolute atomic E-state index is 0.123. The van der Waals surface area contributed by atoms with Crippen molar-refractivity contribution in [1.82, 2.24) is 4.90 Å². The van der Waals surface area contributed by atoms with E-state index in [1.54, 1.807) is 18.9 Å². The fourth-order valence-corrected chi connectivity index (χ4v) is 1.42. The highest BCUT2D eigenvalue weighted by Gasteiger charge is 2.17. The summed E-state index contributed by atoms with van der Waals surface area (Å²) in [5, 5.41) is 2.76. The molecule has 3 N–H and O–H groups in total. The topological polar surface area (TPSA) is 75.4 Å². The van der Waals surface area contributed by atoms with Crippen LogP contribution in [0.4, 0.5) is 5.69 Å². The molecule has 5 nitrogen and oxygen atoms in total. The maximum atomic E-state index is 11.7. The molecule has 1 aromatic carbocycles. The summed E-state index contributed by atoms with van der Waals surface area (Å²) in [4.78, 5) is 24.3. The summed E-state index contributed by atoms with van der Waals surface area (Å²) in [6.07, 6.45) is 0. The van der Waals surface area contributed by atoms with Crippen molar-refractivity contribution >= 4 is 17.5 Å². The molecule has 0 aromatic heterocycles. The van der Waals surface area contributed by atoms with Crippen LogP contribution in [0.2, 0.25) is 0 Å². The molecule has 1 atom stereocenters. The number of amides is 2. The smallest absolute Gasteiger partial charge is 0.238 e. The zero-order valence-electron chi connectivity index (χ0n) is 10.9. The molecule has 0 fully saturated rings. The van der Waals surface area contributed by atoms with Crippen molar-refractivity contribution in [3.63, 3.8) is 0 Å². The lowest BCUT2D eigenvalue weighted by atomic mass is 10.2. The summed E-state index contributed by atoms with van der Waals surface area (Å²) in [5.74, 6) is -0.616. The number of nitrogens with one attached hydrogen (secondary N) is 1. The van der Waals surface area contributed by atoms with Crippen molar-refractivity contribution in [2.75, 3.05) is 18.9 Å². The van der Waals surface area contributed by atoms with Gasteiger partial charge in [-0.05, 0) is 33.0 Å². The SMILES string of the molecule is Cc1ccc(NC(=O)CN(C)[C@H](C)C(N)=O)cc1. The van der Waals surface area contributed by atoms with Gasteiger partial charge in [-0.15, -0.1) is 0 Å². The molecule has 0 bridgehead atoms. The van der Waals surface area contributed by atoms with E-state index in [0.29, 0.717) is 0 Å². The van der Waals surface area contributed by atoms with Crippen molar-refractivity contribution < 1.29 is 9.59 Å². The normalized spacial score (nSPS) is 12.2. The summed E-state index contributed by atoms with van der Waals surface area (Å²) in [6, 6.07) is 7.06. The Balaban J connectivity index is 2.51. The lowest BCUT2D eigenvalue weighted by molar-refractivity contribution is -0.123. The van der Waals surface area contributed by atoms with Crippen LogP contribution in [0.5, 0.6) is 0 Å². The molecule has 18 heavy (non-hydrogen) atoms. The Labute approximate surface area is 107 Å².